The van der Waals surface area contributed by atoms with Gasteiger partial charge < -0.3 is 9.15 Å². The zero-order valence-corrected chi connectivity index (χ0v) is 12.5. The summed E-state index contributed by atoms with van der Waals surface area (Å²) in [5.74, 6) is 0.449. The molecule has 20 heavy (non-hydrogen) atoms. The van der Waals surface area contributed by atoms with Gasteiger partial charge in [-0.25, -0.2) is 4.79 Å². The van der Waals surface area contributed by atoms with Crippen LogP contribution >= 0.6 is 0 Å². The monoisotopic (exact) mass is 278 g/mol. The van der Waals surface area contributed by atoms with E-state index in [0.29, 0.717) is 12.4 Å². The Morgan fingerprint density at radius 1 is 1.15 bits per heavy atom. The molecule has 0 saturated carbocycles. The molecule has 0 saturated heterocycles. The number of furan rings is 1. The van der Waals surface area contributed by atoms with E-state index in [1.165, 1.54) is 38.5 Å². The molecule has 3 heteroatoms. The van der Waals surface area contributed by atoms with Gasteiger partial charge >= 0.3 is 5.97 Å². The fourth-order valence-electron chi connectivity index (χ4n) is 2.04. The molecule has 0 N–H and O–H groups in total. The first-order valence-electron chi connectivity index (χ1n) is 7.67. The quantitative estimate of drug-likeness (QED) is 0.411. The first-order chi connectivity index (χ1) is 9.77. The summed E-state index contributed by atoms with van der Waals surface area (Å²) in [6, 6.07) is 3.33. The van der Waals surface area contributed by atoms with Crippen LogP contribution in [0, 0.1) is 0 Å². The van der Waals surface area contributed by atoms with Crippen molar-refractivity contribution in [3.8, 4) is 0 Å². The third kappa shape index (κ3) is 6.60. The lowest BCUT2D eigenvalue weighted by Gasteiger charge is -2.03. The Morgan fingerprint density at radius 3 is 2.40 bits per heavy atom. The highest BCUT2D eigenvalue weighted by molar-refractivity contribution is 5.86. The summed E-state index contributed by atoms with van der Waals surface area (Å²) in [4.78, 5) is 11.6. The van der Waals surface area contributed by atoms with Crippen molar-refractivity contribution in [2.45, 2.75) is 58.3 Å². The van der Waals surface area contributed by atoms with Gasteiger partial charge in [0.25, 0.3) is 0 Å². The zero-order chi connectivity index (χ0) is 14.6. The van der Waals surface area contributed by atoms with Gasteiger partial charge in [0, 0.05) is 0 Å². The number of rotatable bonds is 11. The van der Waals surface area contributed by atoms with E-state index in [0.717, 1.165) is 12.8 Å². The average Bonchev–Trinajstić information content (AvgIpc) is 2.94. The molecule has 1 rings (SSSR count). The number of hydrogen-bond acceptors (Lipinski definition) is 3. The van der Waals surface area contributed by atoms with Crippen LogP contribution < -0.4 is 0 Å². The predicted octanol–water partition coefficient (Wildman–Crippen LogP) is 5.22. The molecule has 112 valence electrons. The largest absolute Gasteiger partial charge is 0.460 e. The van der Waals surface area contributed by atoms with Crippen molar-refractivity contribution < 1.29 is 13.9 Å². The average molecular weight is 278 g/mol. The summed E-state index contributed by atoms with van der Waals surface area (Å²) in [5.41, 5.74) is 0. The van der Waals surface area contributed by atoms with Gasteiger partial charge in [0.2, 0.25) is 5.76 Å². The third-order valence-electron chi connectivity index (χ3n) is 3.26. The minimum Gasteiger partial charge on any atom is -0.460 e. The second kappa shape index (κ2) is 10.3. The molecule has 1 aromatic rings. The number of ether oxygens (including phenoxy) is 1. The Balaban J connectivity index is 2.01. The molecule has 0 fully saturated rings. The summed E-state index contributed by atoms with van der Waals surface area (Å²) in [6.07, 6.45) is 11.4. The maximum atomic E-state index is 11.6. The van der Waals surface area contributed by atoms with Crippen LogP contribution in [0.4, 0.5) is 0 Å². The molecule has 0 aliphatic carbocycles. The van der Waals surface area contributed by atoms with Crippen LogP contribution in [0.2, 0.25) is 0 Å². The van der Waals surface area contributed by atoms with Crippen molar-refractivity contribution in [2.75, 3.05) is 6.61 Å². The Kier molecular flexibility index (Phi) is 8.52. The SMILES string of the molecule is C=Cc1ccc(C(=O)OCCCCCCCCCC)o1. The maximum Gasteiger partial charge on any atom is 0.374 e. The second-order valence-corrected chi connectivity index (χ2v) is 5.02. The molecule has 0 unspecified atom stereocenters. The fraction of sp³-hybridized carbons (Fsp3) is 0.588. The highest BCUT2D eigenvalue weighted by atomic mass is 16.5. The van der Waals surface area contributed by atoms with Crippen molar-refractivity contribution in [2.24, 2.45) is 0 Å². The predicted molar refractivity (Wildman–Crippen MR) is 81.7 cm³/mol. The molecule has 1 heterocycles. The fourth-order valence-corrected chi connectivity index (χ4v) is 2.04. The Bertz CT molecular complexity index is 393. The van der Waals surface area contributed by atoms with Crippen molar-refractivity contribution in [1.29, 1.82) is 0 Å². The van der Waals surface area contributed by atoms with Gasteiger partial charge in [-0.2, -0.15) is 0 Å². The highest BCUT2D eigenvalue weighted by Crippen LogP contribution is 2.11. The Labute approximate surface area is 122 Å². The first kappa shape index (κ1) is 16.5. The molecular formula is C17H26O3. The van der Waals surface area contributed by atoms with E-state index >= 15 is 0 Å². The zero-order valence-electron chi connectivity index (χ0n) is 12.5. The van der Waals surface area contributed by atoms with Gasteiger partial charge in [-0.05, 0) is 24.6 Å². The molecule has 0 amide bonds. The van der Waals surface area contributed by atoms with Gasteiger partial charge in [-0.3, -0.25) is 0 Å². The summed E-state index contributed by atoms with van der Waals surface area (Å²) in [5, 5.41) is 0. The van der Waals surface area contributed by atoms with Gasteiger partial charge in [0.1, 0.15) is 5.76 Å². The van der Waals surface area contributed by atoms with Crippen LogP contribution in [-0.2, 0) is 4.74 Å². The van der Waals surface area contributed by atoms with Gasteiger partial charge in [0.05, 0.1) is 6.61 Å². The highest BCUT2D eigenvalue weighted by Gasteiger charge is 2.11. The molecule has 0 aliphatic heterocycles. The number of esters is 1. The molecule has 0 aliphatic rings. The Hall–Kier alpha value is -1.51. The van der Waals surface area contributed by atoms with Crippen LogP contribution in [0.3, 0.4) is 0 Å². The summed E-state index contributed by atoms with van der Waals surface area (Å²) < 4.78 is 10.4. The van der Waals surface area contributed by atoms with Gasteiger partial charge in [-0.15, -0.1) is 0 Å². The van der Waals surface area contributed by atoms with Gasteiger partial charge in [0.15, 0.2) is 0 Å². The topological polar surface area (TPSA) is 39.4 Å². The third-order valence-corrected chi connectivity index (χ3v) is 3.26. The van der Waals surface area contributed by atoms with Crippen molar-refractivity contribution in [1.82, 2.24) is 0 Å². The standard InChI is InChI=1S/C17H26O3/c1-3-5-6-7-8-9-10-11-14-19-17(18)16-13-12-15(4-2)20-16/h4,12-13H,2-3,5-11,14H2,1H3. The lowest BCUT2D eigenvalue weighted by atomic mass is 10.1. The number of carbonyl (C=O) groups excluding carboxylic acids is 1. The van der Waals surface area contributed by atoms with E-state index in [2.05, 4.69) is 13.5 Å². The van der Waals surface area contributed by atoms with E-state index in [9.17, 15) is 4.79 Å². The summed E-state index contributed by atoms with van der Waals surface area (Å²) in [6.45, 7) is 6.28. The van der Waals surface area contributed by atoms with Crippen molar-refractivity contribution in [3.05, 3.63) is 30.2 Å². The van der Waals surface area contributed by atoms with E-state index in [1.807, 2.05) is 0 Å². The molecule has 0 bridgehead atoms. The summed E-state index contributed by atoms with van der Waals surface area (Å²) in [7, 11) is 0. The smallest absolute Gasteiger partial charge is 0.374 e. The molecule has 0 spiro atoms. The van der Waals surface area contributed by atoms with Crippen LogP contribution in [0.25, 0.3) is 6.08 Å². The van der Waals surface area contributed by atoms with E-state index in [4.69, 9.17) is 9.15 Å². The van der Waals surface area contributed by atoms with Crippen LogP contribution in [0.1, 0.15) is 74.6 Å². The Morgan fingerprint density at radius 2 is 1.80 bits per heavy atom. The van der Waals surface area contributed by atoms with Crippen molar-refractivity contribution >= 4 is 12.0 Å². The molecule has 0 atom stereocenters. The lowest BCUT2D eigenvalue weighted by molar-refractivity contribution is 0.0461. The normalized spacial score (nSPS) is 10.4. The van der Waals surface area contributed by atoms with E-state index in [1.54, 1.807) is 18.2 Å². The van der Waals surface area contributed by atoms with E-state index in [-0.39, 0.29) is 11.7 Å². The first-order valence-corrected chi connectivity index (χ1v) is 7.67. The van der Waals surface area contributed by atoms with Crippen LogP contribution in [0.5, 0.6) is 0 Å². The van der Waals surface area contributed by atoms with Crippen LogP contribution in [-0.4, -0.2) is 12.6 Å². The van der Waals surface area contributed by atoms with Crippen molar-refractivity contribution in [3.63, 3.8) is 0 Å². The van der Waals surface area contributed by atoms with Crippen LogP contribution in [0.15, 0.2) is 23.1 Å². The summed E-state index contributed by atoms with van der Waals surface area (Å²) >= 11 is 0. The molecule has 3 nitrogen and oxygen atoms in total. The van der Waals surface area contributed by atoms with E-state index < -0.39 is 0 Å². The number of carbonyl (C=O) groups is 1. The molecular weight excluding hydrogens is 252 g/mol. The van der Waals surface area contributed by atoms with Gasteiger partial charge in [-0.1, -0.05) is 58.4 Å². The second-order valence-electron chi connectivity index (χ2n) is 5.02. The molecule has 0 radical (unpaired) electrons. The number of hydrogen-bond donors (Lipinski definition) is 0. The minimum absolute atomic E-state index is 0.250. The molecule has 0 aromatic carbocycles. The number of unbranched alkanes of at least 4 members (excludes halogenated alkanes) is 7. The lowest BCUT2D eigenvalue weighted by Crippen LogP contribution is -2.05. The molecule has 1 aromatic heterocycles. The maximum absolute atomic E-state index is 11.6. The minimum atomic E-state index is -0.388.